The molecule has 0 aromatic heterocycles. The van der Waals surface area contributed by atoms with Gasteiger partial charge in [-0.1, -0.05) is 6.92 Å². The van der Waals surface area contributed by atoms with Crippen LogP contribution >= 0.6 is 0 Å². The lowest BCUT2D eigenvalue weighted by atomic mass is 9.67. The Hall–Kier alpha value is -1.02. The summed E-state index contributed by atoms with van der Waals surface area (Å²) in [4.78, 5) is 22.8. The number of carbonyl (C=O) groups excluding carboxylic acids is 2. The molecule has 1 aliphatic carbocycles. The predicted octanol–water partition coefficient (Wildman–Crippen LogP) is -2.29. The molecule has 7 heteroatoms. The zero-order chi connectivity index (χ0) is 13.5. The number of ether oxygens (including phenoxy) is 1. The van der Waals surface area contributed by atoms with Gasteiger partial charge in [0.15, 0.2) is 5.78 Å². The molecule has 1 heterocycles. The van der Waals surface area contributed by atoms with Crippen molar-refractivity contribution in [2.24, 2.45) is 0 Å². The standard InChI is InChI=1S/C11H17NO6/c1-2-3-18-8-6(14)7(15)9(16)11(10(8)17)4-5(13)12-11/h7-10,15-17H,2-4H2,1H3,(H,12,13)/t7-,8-,9-,10-,11?/m1/s1. The minimum atomic E-state index is -1.66. The molecule has 0 bridgehead atoms. The molecule has 2 fully saturated rings. The molecule has 4 N–H and O–H groups in total. The molecule has 7 nitrogen and oxygen atoms in total. The second kappa shape index (κ2) is 4.58. The lowest BCUT2D eigenvalue weighted by molar-refractivity contribution is -0.203. The molecule has 2 rings (SSSR count). The van der Waals surface area contributed by atoms with Gasteiger partial charge in [0.1, 0.15) is 30.0 Å². The van der Waals surface area contributed by atoms with Gasteiger partial charge in [-0.3, -0.25) is 9.59 Å². The summed E-state index contributed by atoms with van der Waals surface area (Å²) < 4.78 is 5.22. The van der Waals surface area contributed by atoms with Crippen LogP contribution in [-0.4, -0.2) is 63.6 Å². The fourth-order valence-corrected chi connectivity index (χ4v) is 2.49. The highest BCUT2D eigenvalue weighted by Crippen LogP contribution is 2.37. The number of hydrogen-bond donors (Lipinski definition) is 4. The first-order chi connectivity index (χ1) is 8.44. The fourth-order valence-electron chi connectivity index (χ4n) is 2.49. The Labute approximate surface area is 104 Å². The predicted molar refractivity (Wildman–Crippen MR) is 58.5 cm³/mol. The molecule has 0 aromatic carbocycles. The Bertz CT molecular complexity index is 363. The molecule has 102 valence electrons. The number of Topliss-reactive ketones (excluding diaryl/α,β-unsaturated/α-hetero) is 1. The minimum absolute atomic E-state index is 0.133. The van der Waals surface area contributed by atoms with Crippen LogP contribution in [0.1, 0.15) is 19.8 Å². The second-order valence-electron chi connectivity index (χ2n) is 4.79. The smallest absolute Gasteiger partial charge is 0.223 e. The summed E-state index contributed by atoms with van der Waals surface area (Å²) in [6.45, 7) is 2.09. The maximum Gasteiger partial charge on any atom is 0.223 e. The molecule has 18 heavy (non-hydrogen) atoms. The molecular formula is C11H17NO6. The Morgan fingerprint density at radius 1 is 1.33 bits per heavy atom. The van der Waals surface area contributed by atoms with Gasteiger partial charge < -0.3 is 25.4 Å². The van der Waals surface area contributed by atoms with Gasteiger partial charge in [0.05, 0.1) is 6.42 Å². The van der Waals surface area contributed by atoms with Crippen LogP contribution in [0, 0.1) is 0 Å². The third-order valence-corrected chi connectivity index (χ3v) is 3.54. The number of rotatable bonds is 3. The topological polar surface area (TPSA) is 116 Å². The number of ketones is 1. The molecule has 1 unspecified atom stereocenters. The van der Waals surface area contributed by atoms with Gasteiger partial charge in [-0.15, -0.1) is 0 Å². The summed E-state index contributed by atoms with van der Waals surface area (Å²) in [7, 11) is 0. The first-order valence-electron chi connectivity index (χ1n) is 5.94. The fraction of sp³-hybridized carbons (Fsp3) is 0.818. The van der Waals surface area contributed by atoms with Crippen LogP contribution in [0.3, 0.4) is 0 Å². The van der Waals surface area contributed by atoms with E-state index in [1.165, 1.54) is 0 Å². The van der Waals surface area contributed by atoms with Crippen LogP contribution in [0.4, 0.5) is 0 Å². The van der Waals surface area contributed by atoms with E-state index in [0.717, 1.165) is 0 Å². The lowest BCUT2D eigenvalue weighted by Gasteiger charge is -2.53. The quantitative estimate of drug-likeness (QED) is 0.424. The largest absolute Gasteiger partial charge is 0.387 e. The molecular weight excluding hydrogens is 242 g/mol. The monoisotopic (exact) mass is 259 g/mol. The van der Waals surface area contributed by atoms with Crippen molar-refractivity contribution in [3.05, 3.63) is 0 Å². The summed E-state index contributed by atoms with van der Waals surface area (Å²) in [5.74, 6) is -1.10. The molecule has 0 aromatic rings. The van der Waals surface area contributed by atoms with Crippen molar-refractivity contribution >= 4 is 11.7 Å². The molecule has 1 amide bonds. The van der Waals surface area contributed by atoms with Crippen molar-refractivity contribution in [1.82, 2.24) is 5.32 Å². The Kier molecular flexibility index (Phi) is 3.41. The summed E-state index contributed by atoms with van der Waals surface area (Å²) in [5, 5.41) is 32.0. The van der Waals surface area contributed by atoms with Crippen molar-refractivity contribution < 1.29 is 29.6 Å². The van der Waals surface area contributed by atoms with Gasteiger partial charge in [0.25, 0.3) is 0 Å². The molecule has 2 aliphatic rings. The highest BCUT2D eigenvalue weighted by Gasteiger charge is 2.64. The zero-order valence-electron chi connectivity index (χ0n) is 10.00. The summed E-state index contributed by atoms with van der Waals surface area (Å²) >= 11 is 0. The van der Waals surface area contributed by atoms with E-state index in [0.29, 0.717) is 6.42 Å². The first kappa shape index (κ1) is 13.4. The number of amides is 1. The van der Waals surface area contributed by atoms with E-state index in [2.05, 4.69) is 5.32 Å². The highest BCUT2D eigenvalue weighted by molar-refractivity contribution is 5.93. The SMILES string of the molecule is CCCO[C@@H]1C(=O)[C@@H](O)[C@@H](O)C2(CC(=O)N2)[C@@H]1O. The highest BCUT2D eigenvalue weighted by atomic mass is 16.5. The van der Waals surface area contributed by atoms with E-state index < -0.39 is 35.7 Å². The maximum atomic E-state index is 11.8. The van der Waals surface area contributed by atoms with Crippen molar-refractivity contribution in [2.75, 3.05) is 6.61 Å². The van der Waals surface area contributed by atoms with Gasteiger partial charge in [-0.2, -0.15) is 0 Å². The van der Waals surface area contributed by atoms with Gasteiger partial charge in [-0.25, -0.2) is 0 Å². The van der Waals surface area contributed by atoms with E-state index in [4.69, 9.17) is 4.74 Å². The average molecular weight is 259 g/mol. The third-order valence-electron chi connectivity index (χ3n) is 3.54. The van der Waals surface area contributed by atoms with Crippen LogP contribution in [0.25, 0.3) is 0 Å². The van der Waals surface area contributed by atoms with Gasteiger partial charge in [-0.05, 0) is 6.42 Å². The summed E-state index contributed by atoms with van der Waals surface area (Å²) in [6.07, 6.45) is -5.23. The van der Waals surface area contributed by atoms with Gasteiger partial charge in [0.2, 0.25) is 5.91 Å². The molecule has 1 spiro atoms. The van der Waals surface area contributed by atoms with E-state index in [1.807, 2.05) is 6.92 Å². The molecule has 0 radical (unpaired) electrons. The van der Waals surface area contributed by atoms with E-state index in [9.17, 15) is 24.9 Å². The number of hydrogen-bond acceptors (Lipinski definition) is 6. The van der Waals surface area contributed by atoms with Crippen molar-refractivity contribution in [3.63, 3.8) is 0 Å². The average Bonchev–Trinajstić information content (AvgIpc) is 2.31. The van der Waals surface area contributed by atoms with E-state index >= 15 is 0 Å². The molecule has 1 saturated heterocycles. The maximum absolute atomic E-state index is 11.8. The first-order valence-corrected chi connectivity index (χ1v) is 5.94. The zero-order valence-corrected chi connectivity index (χ0v) is 10.00. The van der Waals surface area contributed by atoms with Crippen LogP contribution in [0.5, 0.6) is 0 Å². The summed E-state index contributed by atoms with van der Waals surface area (Å²) in [5.41, 5.74) is -1.37. The Balaban J connectivity index is 2.22. The third kappa shape index (κ3) is 1.74. The molecule has 5 atom stereocenters. The molecule has 1 aliphatic heterocycles. The Morgan fingerprint density at radius 3 is 2.44 bits per heavy atom. The second-order valence-corrected chi connectivity index (χ2v) is 4.79. The van der Waals surface area contributed by atoms with Gasteiger partial charge in [0, 0.05) is 6.61 Å². The van der Waals surface area contributed by atoms with Crippen LogP contribution < -0.4 is 5.32 Å². The van der Waals surface area contributed by atoms with Gasteiger partial charge >= 0.3 is 0 Å². The van der Waals surface area contributed by atoms with E-state index in [1.54, 1.807) is 0 Å². The van der Waals surface area contributed by atoms with Crippen molar-refractivity contribution in [2.45, 2.75) is 49.7 Å². The number of carbonyl (C=O) groups is 2. The van der Waals surface area contributed by atoms with Crippen molar-refractivity contribution in [3.8, 4) is 0 Å². The van der Waals surface area contributed by atoms with Crippen molar-refractivity contribution in [1.29, 1.82) is 0 Å². The summed E-state index contributed by atoms with van der Waals surface area (Å²) in [6, 6.07) is 0. The number of aliphatic hydroxyl groups is 3. The minimum Gasteiger partial charge on any atom is -0.387 e. The number of nitrogens with one attached hydrogen (secondary N) is 1. The molecule has 1 saturated carbocycles. The number of aliphatic hydroxyl groups excluding tert-OH is 3. The lowest BCUT2D eigenvalue weighted by Crippen LogP contribution is -2.81. The van der Waals surface area contributed by atoms with E-state index in [-0.39, 0.29) is 18.9 Å². The van der Waals surface area contributed by atoms with Crippen LogP contribution in [0.2, 0.25) is 0 Å². The van der Waals surface area contributed by atoms with Crippen LogP contribution in [-0.2, 0) is 14.3 Å². The van der Waals surface area contributed by atoms with Crippen LogP contribution in [0.15, 0.2) is 0 Å². The number of β-lactam (4-membered cyclic amide) rings is 1. The normalized spacial score (nSPS) is 43.8. The Morgan fingerprint density at radius 2 is 1.94 bits per heavy atom.